The van der Waals surface area contributed by atoms with Crippen molar-refractivity contribution in [2.45, 2.75) is 78.4 Å². The number of hydrogen-bond acceptors (Lipinski definition) is 6. The molecule has 1 amide bonds. The number of esters is 1. The summed E-state index contributed by atoms with van der Waals surface area (Å²) in [7, 11) is 1.48. The second-order valence-corrected chi connectivity index (χ2v) is 13.7. The number of ether oxygens (including phenoxy) is 2. The Morgan fingerprint density at radius 1 is 1.15 bits per heavy atom. The van der Waals surface area contributed by atoms with Crippen LogP contribution in [0, 0.1) is 23.0 Å². The van der Waals surface area contributed by atoms with Crippen LogP contribution in [0.2, 0.25) is 5.02 Å². The number of aromatic nitrogens is 1. The molecular weight excluding hydrogens is 540 g/mol. The number of pyridine rings is 1. The van der Waals surface area contributed by atoms with Gasteiger partial charge in [-0.1, -0.05) is 11.6 Å². The van der Waals surface area contributed by atoms with Gasteiger partial charge in [0.15, 0.2) is 11.6 Å². The molecule has 2 aromatic rings. The van der Waals surface area contributed by atoms with Crippen LogP contribution >= 0.6 is 11.6 Å². The van der Waals surface area contributed by atoms with E-state index in [0.29, 0.717) is 47.0 Å². The van der Waals surface area contributed by atoms with Crippen molar-refractivity contribution in [1.82, 2.24) is 4.98 Å². The Hall–Kier alpha value is -2.94. The maximum absolute atomic E-state index is 15.6. The molecule has 2 heterocycles. The molecular formula is C30H36ClF2N3O4. The highest BCUT2D eigenvalue weighted by molar-refractivity contribution is 6.34. The minimum absolute atomic E-state index is 0.0413. The van der Waals surface area contributed by atoms with Gasteiger partial charge in [0.05, 0.1) is 22.1 Å². The zero-order valence-electron chi connectivity index (χ0n) is 24.1. The third kappa shape index (κ3) is 5.24. The van der Waals surface area contributed by atoms with Gasteiger partial charge in [-0.2, -0.15) is 0 Å². The van der Waals surface area contributed by atoms with Crippen LogP contribution in [0.25, 0.3) is 11.1 Å². The van der Waals surface area contributed by atoms with E-state index in [0.717, 1.165) is 18.9 Å². The normalized spacial score (nSPS) is 21.4. The molecule has 0 radical (unpaired) electrons. The van der Waals surface area contributed by atoms with Gasteiger partial charge in [-0.3, -0.25) is 14.7 Å². The second-order valence-electron chi connectivity index (χ2n) is 13.3. The average molecular weight is 576 g/mol. The van der Waals surface area contributed by atoms with Gasteiger partial charge in [-0.25, -0.2) is 13.6 Å². The summed E-state index contributed by atoms with van der Waals surface area (Å²) >= 11 is 6.70. The second kappa shape index (κ2) is 9.57. The SMILES string of the molecule is CN(C(=O)OC(C)(C)C)c1cc(F)c(F)c2c1Cc1ncc(Cl)c(N3CC[C@@]4(C[C@H]4CC(=O)OC(C)(C)C)C3)c1-2. The zero-order valence-corrected chi connectivity index (χ0v) is 24.8. The zero-order chi connectivity index (χ0) is 29.4. The van der Waals surface area contributed by atoms with Crippen LogP contribution in [0.15, 0.2) is 12.3 Å². The van der Waals surface area contributed by atoms with Gasteiger partial charge in [0.2, 0.25) is 0 Å². The van der Waals surface area contributed by atoms with Crippen molar-refractivity contribution in [3.63, 3.8) is 0 Å². The first-order valence-electron chi connectivity index (χ1n) is 13.6. The molecule has 5 rings (SSSR count). The van der Waals surface area contributed by atoms with Crippen LogP contribution < -0.4 is 9.80 Å². The topological polar surface area (TPSA) is 72.0 Å². The Morgan fingerprint density at radius 3 is 2.48 bits per heavy atom. The Labute approximate surface area is 238 Å². The van der Waals surface area contributed by atoms with E-state index in [1.54, 1.807) is 27.0 Å². The number of anilines is 2. The number of carbonyl (C=O) groups excluding carboxylic acids is 2. The largest absolute Gasteiger partial charge is 0.460 e. The molecule has 0 bridgehead atoms. The van der Waals surface area contributed by atoms with Crippen molar-refractivity contribution in [2.24, 2.45) is 11.3 Å². The van der Waals surface area contributed by atoms with Gasteiger partial charge in [0.1, 0.15) is 11.2 Å². The fourth-order valence-corrected chi connectivity index (χ4v) is 6.36. The quantitative estimate of drug-likeness (QED) is 0.315. The molecule has 0 N–H and O–H groups in total. The molecule has 2 fully saturated rings. The number of rotatable bonds is 4. The molecule has 1 aromatic carbocycles. The number of halogens is 3. The van der Waals surface area contributed by atoms with Gasteiger partial charge in [0, 0.05) is 56.4 Å². The van der Waals surface area contributed by atoms with Crippen LogP contribution in [0.5, 0.6) is 0 Å². The van der Waals surface area contributed by atoms with E-state index in [1.807, 2.05) is 20.8 Å². The molecule has 1 saturated carbocycles. The summed E-state index contributed by atoms with van der Waals surface area (Å²) < 4.78 is 41.6. The predicted molar refractivity (Wildman–Crippen MR) is 150 cm³/mol. The van der Waals surface area contributed by atoms with E-state index in [9.17, 15) is 9.59 Å². The highest BCUT2D eigenvalue weighted by Gasteiger charge is 2.58. The first-order chi connectivity index (χ1) is 18.5. The number of hydrogen-bond donors (Lipinski definition) is 0. The molecule has 7 nitrogen and oxygen atoms in total. The van der Waals surface area contributed by atoms with Crippen LogP contribution in [-0.4, -0.2) is 48.4 Å². The number of benzene rings is 1. The highest BCUT2D eigenvalue weighted by Crippen LogP contribution is 2.62. The molecule has 3 aliphatic rings. The molecule has 40 heavy (non-hydrogen) atoms. The van der Waals surface area contributed by atoms with E-state index in [4.69, 9.17) is 21.1 Å². The Bertz CT molecular complexity index is 1400. The van der Waals surface area contributed by atoms with Gasteiger partial charge in [-0.15, -0.1) is 0 Å². The number of carbonyl (C=O) groups is 2. The van der Waals surface area contributed by atoms with Gasteiger partial charge in [0.25, 0.3) is 0 Å². The lowest BCUT2D eigenvalue weighted by molar-refractivity contribution is -0.155. The molecule has 2 atom stereocenters. The monoisotopic (exact) mass is 575 g/mol. The van der Waals surface area contributed by atoms with Crippen LogP contribution in [0.4, 0.5) is 25.0 Å². The fourth-order valence-electron chi connectivity index (χ4n) is 6.10. The maximum Gasteiger partial charge on any atom is 0.414 e. The molecule has 1 aromatic heterocycles. The summed E-state index contributed by atoms with van der Waals surface area (Å²) in [5, 5.41) is 0.346. The maximum atomic E-state index is 15.6. The predicted octanol–water partition coefficient (Wildman–Crippen LogP) is 6.90. The number of amides is 1. The first-order valence-corrected chi connectivity index (χ1v) is 14.0. The molecule has 1 saturated heterocycles. The third-order valence-electron chi connectivity index (χ3n) is 7.91. The van der Waals surface area contributed by atoms with Gasteiger partial charge < -0.3 is 14.4 Å². The van der Waals surface area contributed by atoms with Crippen molar-refractivity contribution < 1.29 is 27.8 Å². The van der Waals surface area contributed by atoms with Crippen LogP contribution in [0.1, 0.15) is 72.1 Å². The number of nitrogens with zero attached hydrogens (tertiary/aromatic N) is 3. The molecule has 1 aliphatic heterocycles. The summed E-state index contributed by atoms with van der Waals surface area (Å²) in [4.78, 5) is 33.1. The van der Waals surface area contributed by atoms with Crippen molar-refractivity contribution in [1.29, 1.82) is 0 Å². The molecule has 216 valence electrons. The summed E-state index contributed by atoms with van der Waals surface area (Å²) in [6.07, 6.45) is 3.21. The van der Waals surface area contributed by atoms with E-state index >= 15 is 8.78 Å². The third-order valence-corrected chi connectivity index (χ3v) is 8.18. The van der Waals surface area contributed by atoms with Gasteiger partial charge in [-0.05, 0) is 71.3 Å². The molecule has 1 spiro atoms. The van der Waals surface area contributed by atoms with Crippen LogP contribution in [-0.2, 0) is 20.7 Å². The highest BCUT2D eigenvalue weighted by atomic mass is 35.5. The lowest BCUT2D eigenvalue weighted by Crippen LogP contribution is -2.34. The summed E-state index contributed by atoms with van der Waals surface area (Å²) in [5.41, 5.74) is 1.07. The average Bonchev–Trinajstić information content (AvgIpc) is 3.13. The summed E-state index contributed by atoms with van der Waals surface area (Å²) in [6, 6.07) is 1.03. The smallest absolute Gasteiger partial charge is 0.414 e. The first kappa shape index (κ1) is 28.6. The summed E-state index contributed by atoms with van der Waals surface area (Å²) in [5.74, 6) is -2.07. The van der Waals surface area contributed by atoms with E-state index in [-0.39, 0.29) is 35.0 Å². The van der Waals surface area contributed by atoms with Crippen molar-refractivity contribution in [3.05, 3.63) is 40.2 Å². The Balaban J connectivity index is 1.46. The molecule has 0 unspecified atom stereocenters. The fraction of sp³-hybridized carbons (Fsp3) is 0.567. The lowest BCUT2D eigenvalue weighted by Gasteiger charge is -2.26. The van der Waals surface area contributed by atoms with Crippen molar-refractivity contribution in [3.8, 4) is 11.1 Å². The Kier molecular flexibility index (Phi) is 6.84. The standard InChI is InChI=1S/C30H36ClF2N3O4/c1-28(2,3)39-22(37)10-16-13-30(16)8-9-36(15-30)26-18(31)14-34-20-11-17-21(35(7)27(38)40-29(4,5)6)12-19(32)25(33)23(17)24(20)26/h12,14,16H,8-11,13,15H2,1-7H3/t16-,30-/m1/s1. The van der Waals surface area contributed by atoms with E-state index < -0.39 is 28.9 Å². The minimum Gasteiger partial charge on any atom is -0.460 e. The number of fused-ring (bicyclic) bond motifs is 3. The minimum atomic E-state index is -1.07. The lowest BCUT2D eigenvalue weighted by atomic mass is 10.0. The molecule has 10 heteroatoms. The Morgan fingerprint density at radius 2 is 1.82 bits per heavy atom. The van der Waals surface area contributed by atoms with Crippen LogP contribution in [0.3, 0.4) is 0 Å². The van der Waals surface area contributed by atoms with E-state index in [2.05, 4.69) is 9.88 Å². The van der Waals surface area contributed by atoms with Crippen molar-refractivity contribution >= 4 is 35.0 Å². The van der Waals surface area contributed by atoms with E-state index in [1.165, 1.54) is 11.9 Å². The molecule has 2 aliphatic carbocycles. The van der Waals surface area contributed by atoms with Crippen molar-refractivity contribution in [2.75, 3.05) is 29.9 Å². The summed E-state index contributed by atoms with van der Waals surface area (Å²) in [6.45, 7) is 12.1. The van der Waals surface area contributed by atoms with Gasteiger partial charge >= 0.3 is 12.1 Å².